The molecule has 1 unspecified atom stereocenters. The molecule has 6 nitrogen and oxygen atoms in total. The summed E-state index contributed by atoms with van der Waals surface area (Å²) in [7, 11) is 0. The minimum absolute atomic E-state index is 0.0176. The molecule has 0 saturated heterocycles. The number of nitrogens with zero attached hydrogens (tertiary/aromatic N) is 2. The molecule has 0 amide bonds. The molecule has 0 aliphatic carbocycles. The molecule has 0 saturated carbocycles. The zero-order valence-electron chi connectivity index (χ0n) is 10.7. The van der Waals surface area contributed by atoms with Gasteiger partial charge in [-0.3, -0.25) is 10.1 Å². The first-order valence-electron chi connectivity index (χ1n) is 5.94. The second kappa shape index (κ2) is 6.47. The number of aliphatic hydroxyl groups is 1. The van der Waals surface area contributed by atoms with Gasteiger partial charge in [0.25, 0.3) is 5.69 Å². The molecule has 0 aliphatic heterocycles. The molecule has 2 aromatic rings. The Morgan fingerprint density at radius 3 is 2.76 bits per heavy atom. The molecule has 0 spiro atoms. The van der Waals surface area contributed by atoms with E-state index >= 15 is 0 Å². The van der Waals surface area contributed by atoms with E-state index < -0.39 is 16.8 Å². The van der Waals surface area contributed by atoms with Gasteiger partial charge >= 0.3 is 0 Å². The van der Waals surface area contributed by atoms with Gasteiger partial charge < -0.3 is 10.4 Å². The number of anilines is 1. The Morgan fingerprint density at radius 1 is 1.43 bits per heavy atom. The molecular weight excluding hydrogens is 301 g/mol. The average Bonchev–Trinajstić information content (AvgIpc) is 2.48. The molecule has 2 rings (SSSR count). The van der Waals surface area contributed by atoms with E-state index in [1.54, 1.807) is 0 Å². The molecule has 1 atom stereocenters. The average molecular weight is 312 g/mol. The third-order valence-corrected chi connectivity index (χ3v) is 3.07. The highest BCUT2D eigenvalue weighted by Gasteiger charge is 2.11. The van der Waals surface area contributed by atoms with Gasteiger partial charge in [0.2, 0.25) is 0 Å². The van der Waals surface area contributed by atoms with Crippen molar-refractivity contribution < 1.29 is 14.4 Å². The van der Waals surface area contributed by atoms with Crippen LogP contribution in [0.5, 0.6) is 0 Å². The van der Waals surface area contributed by atoms with Crippen molar-refractivity contribution in [3.63, 3.8) is 0 Å². The van der Waals surface area contributed by atoms with Gasteiger partial charge in [-0.25, -0.2) is 9.37 Å². The van der Waals surface area contributed by atoms with Gasteiger partial charge in [0.15, 0.2) is 0 Å². The molecule has 2 N–H and O–H groups in total. The molecule has 21 heavy (non-hydrogen) atoms. The Balaban J connectivity index is 1.98. The number of hydrogen-bond acceptors (Lipinski definition) is 5. The normalized spacial score (nSPS) is 12.0. The van der Waals surface area contributed by atoms with Crippen molar-refractivity contribution in [2.24, 2.45) is 0 Å². The number of pyridine rings is 1. The lowest BCUT2D eigenvalue weighted by atomic mass is 10.1. The molecule has 0 bridgehead atoms. The smallest absolute Gasteiger partial charge is 0.287 e. The number of nitrogens with one attached hydrogen (secondary N) is 1. The summed E-state index contributed by atoms with van der Waals surface area (Å²) in [6, 6.07) is 6.75. The Hall–Kier alpha value is -2.25. The van der Waals surface area contributed by atoms with E-state index in [0.29, 0.717) is 11.4 Å². The van der Waals surface area contributed by atoms with E-state index in [0.717, 1.165) is 12.3 Å². The fourth-order valence-corrected chi connectivity index (χ4v) is 1.75. The van der Waals surface area contributed by atoms with Crippen LogP contribution >= 0.6 is 11.6 Å². The summed E-state index contributed by atoms with van der Waals surface area (Å²) in [6.45, 7) is 0.0753. The zero-order chi connectivity index (χ0) is 15.4. The standard InChI is InChI=1S/C13H11ClFN3O3/c14-10-3-1-8(5-11(10)15)12(19)7-17-13-4-2-9(6-16-13)18(20)21/h1-6,12,19H,7H2,(H,16,17). The lowest BCUT2D eigenvalue weighted by molar-refractivity contribution is -0.385. The lowest BCUT2D eigenvalue weighted by Crippen LogP contribution is -2.13. The maximum atomic E-state index is 13.3. The van der Waals surface area contributed by atoms with Crippen molar-refractivity contribution in [2.45, 2.75) is 6.10 Å². The number of halogens is 2. The molecule has 0 radical (unpaired) electrons. The quantitative estimate of drug-likeness (QED) is 0.654. The summed E-state index contributed by atoms with van der Waals surface area (Å²) >= 11 is 5.56. The minimum atomic E-state index is -0.964. The van der Waals surface area contributed by atoms with Crippen molar-refractivity contribution in [2.75, 3.05) is 11.9 Å². The van der Waals surface area contributed by atoms with Crippen molar-refractivity contribution in [1.82, 2.24) is 4.98 Å². The maximum absolute atomic E-state index is 13.3. The van der Waals surface area contributed by atoms with E-state index in [1.165, 1.54) is 24.3 Å². The van der Waals surface area contributed by atoms with Crippen LogP contribution in [-0.4, -0.2) is 21.6 Å². The highest BCUT2D eigenvalue weighted by Crippen LogP contribution is 2.21. The van der Waals surface area contributed by atoms with Gasteiger partial charge in [0.05, 0.1) is 16.0 Å². The van der Waals surface area contributed by atoms with Crippen molar-refractivity contribution in [3.8, 4) is 0 Å². The molecule has 1 heterocycles. The number of nitro groups is 1. The molecule has 0 aliphatic rings. The van der Waals surface area contributed by atoms with Gasteiger partial charge in [0, 0.05) is 12.6 Å². The van der Waals surface area contributed by atoms with Gasteiger partial charge in [0.1, 0.15) is 17.8 Å². The maximum Gasteiger partial charge on any atom is 0.287 e. The first-order valence-corrected chi connectivity index (χ1v) is 6.32. The Bertz CT molecular complexity index is 652. The largest absolute Gasteiger partial charge is 0.387 e. The molecule has 0 fully saturated rings. The molecule has 110 valence electrons. The number of aliphatic hydroxyl groups excluding tert-OH is 1. The first-order chi connectivity index (χ1) is 9.97. The summed E-state index contributed by atoms with van der Waals surface area (Å²) in [4.78, 5) is 13.8. The van der Waals surface area contributed by atoms with Crippen LogP contribution in [0.3, 0.4) is 0 Å². The number of aromatic nitrogens is 1. The minimum Gasteiger partial charge on any atom is -0.387 e. The van der Waals surface area contributed by atoms with Crippen LogP contribution < -0.4 is 5.32 Å². The van der Waals surface area contributed by atoms with Crippen LogP contribution in [0, 0.1) is 15.9 Å². The van der Waals surface area contributed by atoms with Gasteiger partial charge in [-0.05, 0) is 23.8 Å². The van der Waals surface area contributed by atoms with E-state index in [1.807, 2.05) is 0 Å². The van der Waals surface area contributed by atoms with Crippen LogP contribution in [0.1, 0.15) is 11.7 Å². The lowest BCUT2D eigenvalue weighted by Gasteiger charge is -2.13. The summed E-state index contributed by atoms with van der Waals surface area (Å²) < 4.78 is 13.3. The SMILES string of the molecule is O=[N+]([O-])c1ccc(NCC(O)c2ccc(Cl)c(F)c2)nc1. The van der Waals surface area contributed by atoms with Gasteiger partial charge in [-0.1, -0.05) is 17.7 Å². The van der Waals surface area contributed by atoms with Crippen LogP contribution in [0.15, 0.2) is 36.5 Å². The van der Waals surface area contributed by atoms with E-state index in [-0.39, 0.29) is 17.3 Å². The number of rotatable bonds is 5. The Morgan fingerprint density at radius 2 is 2.19 bits per heavy atom. The molecule has 1 aromatic heterocycles. The van der Waals surface area contributed by atoms with E-state index in [2.05, 4.69) is 10.3 Å². The number of benzene rings is 1. The topological polar surface area (TPSA) is 88.3 Å². The monoisotopic (exact) mass is 311 g/mol. The molecule has 1 aromatic carbocycles. The fraction of sp³-hybridized carbons (Fsp3) is 0.154. The van der Waals surface area contributed by atoms with Crippen molar-refractivity contribution >= 4 is 23.1 Å². The summed E-state index contributed by atoms with van der Waals surface area (Å²) in [6.07, 6.45) is 0.144. The molecular formula is C13H11ClFN3O3. The van der Waals surface area contributed by atoms with Gasteiger partial charge in [-0.2, -0.15) is 0 Å². The second-order valence-electron chi connectivity index (χ2n) is 4.23. The van der Waals surface area contributed by atoms with Crippen LogP contribution in [-0.2, 0) is 0 Å². The predicted molar refractivity (Wildman–Crippen MR) is 75.8 cm³/mol. The van der Waals surface area contributed by atoms with Crippen molar-refractivity contribution in [3.05, 3.63) is 63.0 Å². The zero-order valence-corrected chi connectivity index (χ0v) is 11.4. The fourth-order valence-electron chi connectivity index (χ4n) is 1.64. The predicted octanol–water partition coefficient (Wildman–Crippen LogP) is 2.93. The Labute approximate surface area is 124 Å². The summed E-state index contributed by atoms with van der Waals surface area (Å²) in [5.74, 6) is -0.240. The van der Waals surface area contributed by atoms with Crippen LogP contribution in [0.25, 0.3) is 0 Å². The summed E-state index contributed by atoms with van der Waals surface area (Å²) in [5, 5.41) is 23.2. The van der Waals surface area contributed by atoms with Crippen LogP contribution in [0.4, 0.5) is 15.9 Å². The third-order valence-electron chi connectivity index (χ3n) is 2.76. The highest BCUT2D eigenvalue weighted by molar-refractivity contribution is 6.30. The number of hydrogen-bond donors (Lipinski definition) is 2. The van der Waals surface area contributed by atoms with E-state index in [9.17, 15) is 19.6 Å². The summed E-state index contributed by atoms with van der Waals surface area (Å²) in [5.41, 5.74) is 0.243. The second-order valence-corrected chi connectivity index (χ2v) is 4.64. The van der Waals surface area contributed by atoms with Crippen molar-refractivity contribution in [1.29, 1.82) is 0 Å². The Kier molecular flexibility index (Phi) is 4.66. The molecule has 8 heteroatoms. The van der Waals surface area contributed by atoms with Crippen LogP contribution in [0.2, 0.25) is 5.02 Å². The van der Waals surface area contributed by atoms with Gasteiger partial charge in [-0.15, -0.1) is 0 Å². The van der Waals surface area contributed by atoms with E-state index in [4.69, 9.17) is 11.6 Å². The highest BCUT2D eigenvalue weighted by atomic mass is 35.5. The first kappa shape index (κ1) is 15.1. The third kappa shape index (κ3) is 3.87.